The van der Waals surface area contributed by atoms with Crippen LogP contribution < -0.4 is 0 Å². The molecule has 0 bridgehead atoms. The number of carbonyl (C=O) groups is 1. The molecule has 0 radical (unpaired) electrons. The van der Waals surface area contributed by atoms with Crippen LogP contribution in [0.15, 0.2) is 0 Å². The maximum atomic E-state index is 10.7. The van der Waals surface area contributed by atoms with E-state index in [-0.39, 0.29) is 12.1 Å². The third-order valence-corrected chi connectivity index (χ3v) is 2.76. The zero-order chi connectivity index (χ0) is 9.68. The first-order chi connectivity index (χ1) is 6.27. The highest BCUT2D eigenvalue weighted by molar-refractivity contribution is 5.48. The first-order valence-electron chi connectivity index (χ1n) is 5.17. The van der Waals surface area contributed by atoms with Crippen molar-refractivity contribution in [2.75, 3.05) is 6.54 Å². The molecule has 3 heteroatoms. The summed E-state index contributed by atoms with van der Waals surface area (Å²) < 4.78 is 0. The van der Waals surface area contributed by atoms with Gasteiger partial charge in [-0.1, -0.05) is 19.8 Å². The van der Waals surface area contributed by atoms with E-state index in [1.54, 1.807) is 0 Å². The van der Waals surface area contributed by atoms with Gasteiger partial charge >= 0.3 is 0 Å². The minimum atomic E-state index is -0.196. The Bertz CT molecular complexity index is 161. The Hall–Kier alpha value is -0.570. The van der Waals surface area contributed by atoms with Crippen molar-refractivity contribution in [3.05, 3.63) is 0 Å². The van der Waals surface area contributed by atoms with Crippen LogP contribution in [-0.4, -0.2) is 35.1 Å². The number of likely N-dealkylation sites (tertiary alicyclic amines) is 1. The maximum absolute atomic E-state index is 10.7. The van der Waals surface area contributed by atoms with Crippen LogP contribution in [0, 0.1) is 0 Å². The number of aliphatic hydroxyl groups is 1. The lowest BCUT2D eigenvalue weighted by atomic mass is 9.96. The molecule has 0 aromatic carbocycles. The van der Waals surface area contributed by atoms with Crippen LogP contribution in [-0.2, 0) is 4.79 Å². The fraction of sp³-hybridized carbons (Fsp3) is 0.900. The summed E-state index contributed by atoms with van der Waals surface area (Å²) in [5.74, 6) is 0. The van der Waals surface area contributed by atoms with Crippen molar-refractivity contribution in [3.8, 4) is 0 Å². The third kappa shape index (κ3) is 2.99. The average molecular weight is 185 g/mol. The molecule has 0 spiro atoms. The Morgan fingerprint density at radius 1 is 1.62 bits per heavy atom. The van der Waals surface area contributed by atoms with Crippen molar-refractivity contribution in [2.45, 2.75) is 51.2 Å². The van der Waals surface area contributed by atoms with Crippen molar-refractivity contribution in [1.82, 2.24) is 4.90 Å². The SMILES string of the molecule is CCCCC1CC(O)CCN1C=O. The van der Waals surface area contributed by atoms with Crippen molar-refractivity contribution in [3.63, 3.8) is 0 Å². The number of unbranched alkanes of at least 4 members (excludes halogenated alkanes) is 1. The first-order valence-corrected chi connectivity index (χ1v) is 5.17. The topological polar surface area (TPSA) is 40.5 Å². The Balaban J connectivity index is 2.39. The largest absolute Gasteiger partial charge is 0.393 e. The number of nitrogens with zero attached hydrogens (tertiary/aromatic N) is 1. The van der Waals surface area contributed by atoms with Gasteiger partial charge in [-0.25, -0.2) is 0 Å². The van der Waals surface area contributed by atoms with E-state index < -0.39 is 0 Å². The smallest absolute Gasteiger partial charge is 0.209 e. The van der Waals surface area contributed by atoms with Gasteiger partial charge in [0, 0.05) is 12.6 Å². The second kappa shape index (κ2) is 5.22. The monoisotopic (exact) mass is 185 g/mol. The van der Waals surface area contributed by atoms with Crippen molar-refractivity contribution >= 4 is 6.41 Å². The Kier molecular flexibility index (Phi) is 4.22. The van der Waals surface area contributed by atoms with E-state index in [0.29, 0.717) is 0 Å². The Morgan fingerprint density at radius 3 is 3.00 bits per heavy atom. The number of carbonyl (C=O) groups excluding carboxylic acids is 1. The molecule has 2 unspecified atom stereocenters. The van der Waals surface area contributed by atoms with E-state index in [9.17, 15) is 9.90 Å². The molecule has 0 aromatic heterocycles. The van der Waals surface area contributed by atoms with Crippen molar-refractivity contribution in [1.29, 1.82) is 0 Å². The van der Waals surface area contributed by atoms with Crippen molar-refractivity contribution < 1.29 is 9.90 Å². The summed E-state index contributed by atoms with van der Waals surface area (Å²) in [6.45, 7) is 2.86. The highest BCUT2D eigenvalue weighted by Gasteiger charge is 2.25. The van der Waals surface area contributed by atoms with E-state index in [1.165, 1.54) is 0 Å². The highest BCUT2D eigenvalue weighted by atomic mass is 16.3. The molecule has 1 fully saturated rings. The summed E-state index contributed by atoms with van der Waals surface area (Å²) >= 11 is 0. The third-order valence-electron chi connectivity index (χ3n) is 2.76. The predicted octanol–water partition coefficient (Wildman–Crippen LogP) is 1.16. The van der Waals surface area contributed by atoms with Gasteiger partial charge in [0.2, 0.25) is 6.41 Å². The quantitative estimate of drug-likeness (QED) is 0.668. The minimum Gasteiger partial charge on any atom is -0.393 e. The summed E-state index contributed by atoms with van der Waals surface area (Å²) in [4.78, 5) is 12.5. The van der Waals surface area contributed by atoms with Crippen molar-refractivity contribution in [2.24, 2.45) is 0 Å². The van der Waals surface area contributed by atoms with Gasteiger partial charge in [-0.05, 0) is 19.3 Å². The van der Waals surface area contributed by atoms with Crippen LogP contribution in [0.5, 0.6) is 0 Å². The zero-order valence-electron chi connectivity index (χ0n) is 8.28. The molecule has 76 valence electrons. The molecular formula is C10H19NO2. The predicted molar refractivity (Wildman–Crippen MR) is 51.3 cm³/mol. The fourth-order valence-electron chi connectivity index (χ4n) is 1.91. The number of hydrogen-bond acceptors (Lipinski definition) is 2. The standard InChI is InChI=1S/C10H19NO2/c1-2-3-4-9-7-10(13)5-6-11(9)8-12/h8-10,13H,2-7H2,1H3. The van der Waals surface area contributed by atoms with E-state index >= 15 is 0 Å². The van der Waals surface area contributed by atoms with E-state index in [4.69, 9.17) is 0 Å². The van der Waals surface area contributed by atoms with E-state index in [2.05, 4.69) is 6.92 Å². The van der Waals surface area contributed by atoms with Crippen LogP contribution in [0.3, 0.4) is 0 Å². The van der Waals surface area contributed by atoms with E-state index in [1.807, 2.05) is 4.90 Å². The maximum Gasteiger partial charge on any atom is 0.209 e. The van der Waals surface area contributed by atoms with Gasteiger partial charge in [0.05, 0.1) is 6.10 Å². The second-order valence-electron chi connectivity index (χ2n) is 3.82. The molecular weight excluding hydrogens is 166 g/mol. The molecule has 13 heavy (non-hydrogen) atoms. The first kappa shape index (κ1) is 10.5. The van der Waals surface area contributed by atoms with Gasteiger partial charge in [-0.2, -0.15) is 0 Å². The number of hydrogen-bond donors (Lipinski definition) is 1. The molecule has 0 aliphatic carbocycles. The molecule has 0 saturated carbocycles. The normalized spacial score (nSPS) is 28.9. The number of aliphatic hydroxyl groups excluding tert-OH is 1. The van der Waals surface area contributed by atoms with Crippen LogP contribution >= 0.6 is 0 Å². The van der Waals surface area contributed by atoms with Gasteiger partial charge < -0.3 is 10.0 Å². The van der Waals surface area contributed by atoms with Gasteiger partial charge in [0.25, 0.3) is 0 Å². The van der Waals surface area contributed by atoms with Crippen LogP contribution in [0.4, 0.5) is 0 Å². The van der Waals surface area contributed by atoms with Crippen LogP contribution in [0.2, 0.25) is 0 Å². The molecule has 0 aromatic rings. The lowest BCUT2D eigenvalue weighted by Crippen LogP contribution is -2.43. The molecule has 1 saturated heterocycles. The number of amides is 1. The molecule has 1 N–H and O–H groups in total. The van der Waals surface area contributed by atoms with Gasteiger partial charge in [-0.3, -0.25) is 4.79 Å². The molecule has 3 nitrogen and oxygen atoms in total. The Morgan fingerprint density at radius 2 is 2.38 bits per heavy atom. The van der Waals surface area contributed by atoms with E-state index in [0.717, 1.165) is 45.1 Å². The fourth-order valence-corrected chi connectivity index (χ4v) is 1.91. The molecule has 1 aliphatic heterocycles. The van der Waals surface area contributed by atoms with Crippen LogP contribution in [0.25, 0.3) is 0 Å². The average Bonchev–Trinajstić information content (AvgIpc) is 2.15. The molecule has 1 amide bonds. The summed E-state index contributed by atoms with van der Waals surface area (Å²) in [7, 11) is 0. The summed E-state index contributed by atoms with van der Waals surface area (Å²) in [5, 5.41) is 9.45. The van der Waals surface area contributed by atoms with Crippen LogP contribution in [0.1, 0.15) is 39.0 Å². The number of piperidine rings is 1. The number of rotatable bonds is 4. The lowest BCUT2D eigenvalue weighted by Gasteiger charge is -2.35. The summed E-state index contributed by atoms with van der Waals surface area (Å²) in [6.07, 6.45) is 5.55. The van der Waals surface area contributed by atoms with Gasteiger partial charge in [0.15, 0.2) is 0 Å². The highest BCUT2D eigenvalue weighted by Crippen LogP contribution is 2.20. The molecule has 1 heterocycles. The summed E-state index contributed by atoms with van der Waals surface area (Å²) in [5.41, 5.74) is 0. The molecule has 1 rings (SSSR count). The zero-order valence-corrected chi connectivity index (χ0v) is 8.28. The lowest BCUT2D eigenvalue weighted by molar-refractivity contribution is -0.123. The molecule has 1 aliphatic rings. The molecule has 2 atom stereocenters. The van der Waals surface area contributed by atoms with Gasteiger partial charge in [-0.15, -0.1) is 0 Å². The minimum absolute atomic E-state index is 0.196. The Labute approximate surface area is 79.7 Å². The van der Waals surface area contributed by atoms with Gasteiger partial charge in [0.1, 0.15) is 0 Å². The summed E-state index contributed by atoms with van der Waals surface area (Å²) in [6, 6.07) is 0.279. The second-order valence-corrected chi connectivity index (χ2v) is 3.82.